The molecule has 1 aromatic rings. The summed E-state index contributed by atoms with van der Waals surface area (Å²) in [7, 11) is 0. The Kier molecular flexibility index (Phi) is 5.86. The van der Waals surface area contributed by atoms with Crippen molar-refractivity contribution in [1.29, 1.82) is 0 Å². The molecule has 0 radical (unpaired) electrons. The normalized spacial score (nSPS) is 12.5. The van der Waals surface area contributed by atoms with E-state index in [9.17, 15) is 4.79 Å². The van der Waals surface area contributed by atoms with Gasteiger partial charge in [0, 0.05) is 5.69 Å². The van der Waals surface area contributed by atoms with Gasteiger partial charge in [-0.25, -0.2) is 0 Å². The van der Waals surface area contributed by atoms with Crippen LogP contribution in [0.5, 0.6) is 0 Å². The first-order valence-electron chi connectivity index (χ1n) is 6.79. The van der Waals surface area contributed by atoms with Gasteiger partial charge in [-0.15, -0.1) is 0 Å². The van der Waals surface area contributed by atoms with E-state index in [0.717, 1.165) is 18.5 Å². The second kappa shape index (κ2) is 7.17. The Balaban J connectivity index is 2.51. The molecule has 3 nitrogen and oxygen atoms in total. The molecule has 100 valence electrons. The summed E-state index contributed by atoms with van der Waals surface area (Å²) in [6.45, 7) is 8.32. The number of nitrogens with two attached hydrogens (primary N) is 1. The van der Waals surface area contributed by atoms with Crippen LogP contribution in [0.3, 0.4) is 0 Å². The Bertz CT molecular complexity index is 369. The molecule has 0 spiro atoms. The van der Waals surface area contributed by atoms with Crippen LogP contribution in [0.15, 0.2) is 24.3 Å². The first-order chi connectivity index (χ1) is 8.56. The van der Waals surface area contributed by atoms with Crippen LogP contribution < -0.4 is 10.6 Å². The van der Waals surface area contributed by atoms with Crippen LogP contribution in [0.2, 0.25) is 0 Å². The van der Waals surface area contributed by atoms with Crippen molar-refractivity contribution >= 4 is 11.6 Å². The number of carbonyl (C=O) groups excluding carboxylic acids is 1. The largest absolute Gasteiger partial charge is 0.334 e. The molecule has 0 aliphatic heterocycles. The third-order valence-electron chi connectivity index (χ3n) is 3.34. The van der Waals surface area contributed by atoms with Crippen LogP contribution in [0.4, 0.5) is 5.69 Å². The highest BCUT2D eigenvalue weighted by Gasteiger charge is 2.19. The molecular weight excluding hydrogens is 224 g/mol. The summed E-state index contributed by atoms with van der Waals surface area (Å²) in [5.74, 6) is 0.0748. The summed E-state index contributed by atoms with van der Waals surface area (Å²) < 4.78 is 0. The van der Waals surface area contributed by atoms with Gasteiger partial charge >= 0.3 is 0 Å². The molecule has 0 aliphatic carbocycles. The molecule has 18 heavy (non-hydrogen) atoms. The number of amides is 1. The van der Waals surface area contributed by atoms with E-state index in [0.29, 0.717) is 6.04 Å². The van der Waals surface area contributed by atoms with E-state index in [4.69, 9.17) is 0 Å². The van der Waals surface area contributed by atoms with Gasteiger partial charge in [-0.1, -0.05) is 31.5 Å². The number of quaternary nitrogens is 1. The van der Waals surface area contributed by atoms with E-state index >= 15 is 0 Å². The number of nitrogens with one attached hydrogen (secondary N) is 1. The van der Waals surface area contributed by atoms with E-state index in [2.05, 4.69) is 24.5 Å². The third kappa shape index (κ3) is 4.49. The highest BCUT2D eigenvalue weighted by Crippen LogP contribution is 2.08. The van der Waals surface area contributed by atoms with Crippen molar-refractivity contribution in [3.63, 3.8) is 0 Å². The number of hydrogen-bond acceptors (Lipinski definition) is 1. The summed E-state index contributed by atoms with van der Waals surface area (Å²) >= 11 is 0. The Morgan fingerprint density at radius 3 is 2.28 bits per heavy atom. The molecule has 0 aliphatic rings. The number of benzene rings is 1. The van der Waals surface area contributed by atoms with E-state index in [1.807, 2.05) is 38.1 Å². The van der Waals surface area contributed by atoms with Gasteiger partial charge in [0.1, 0.15) is 0 Å². The van der Waals surface area contributed by atoms with Crippen molar-refractivity contribution in [2.24, 2.45) is 0 Å². The average Bonchev–Trinajstić information content (AvgIpc) is 2.38. The maximum absolute atomic E-state index is 12.0. The van der Waals surface area contributed by atoms with E-state index < -0.39 is 0 Å². The molecule has 3 N–H and O–H groups in total. The SMILES string of the molecule is CCC(CC)[NH2+][C@H](C)C(=O)Nc1ccc(C)cc1. The van der Waals surface area contributed by atoms with Gasteiger partial charge < -0.3 is 10.6 Å². The molecule has 3 heteroatoms. The number of carbonyl (C=O) groups is 1. The number of hydrogen-bond donors (Lipinski definition) is 2. The fourth-order valence-corrected chi connectivity index (χ4v) is 1.95. The van der Waals surface area contributed by atoms with Crippen LogP contribution in [-0.4, -0.2) is 18.0 Å². The van der Waals surface area contributed by atoms with Crippen molar-refractivity contribution in [3.8, 4) is 0 Å². The first-order valence-corrected chi connectivity index (χ1v) is 6.79. The molecular formula is C15H25N2O+. The monoisotopic (exact) mass is 249 g/mol. The quantitative estimate of drug-likeness (QED) is 0.796. The molecule has 0 aromatic heterocycles. The summed E-state index contributed by atoms with van der Waals surface area (Å²) in [5, 5.41) is 5.11. The molecule has 1 atom stereocenters. The van der Waals surface area contributed by atoms with Crippen molar-refractivity contribution in [2.45, 2.75) is 52.6 Å². The molecule has 1 rings (SSSR count). The second-order valence-corrected chi connectivity index (χ2v) is 4.91. The zero-order chi connectivity index (χ0) is 13.5. The minimum atomic E-state index is -0.0452. The second-order valence-electron chi connectivity index (χ2n) is 4.91. The van der Waals surface area contributed by atoms with Crippen molar-refractivity contribution in [2.75, 3.05) is 5.32 Å². The zero-order valence-electron chi connectivity index (χ0n) is 11.9. The Hall–Kier alpha value is -1.35. The first kappa shape index (κ1) is 14.7. The van der Waals surface area contributed by atoms with E-state index in [1.54, 1.807) is 0 Å². The van der Waals surface area contributed by atoms with E-state index in [-0.39, 0.29) is 11.9 Å². The minimum Gasteiger partial charge on any atom is -0.334 e. The van der Waals surface area contributed by atoms with Gasteiger partial charge in [0.15, 0.2) is 6.04 Å². The molecule has 0 fully saturated rings. The Labute approximate surface area is 110 Å². The summed E-state index contributed by atoms with van der Waals surface area (Å²) in [5.41, 5.74) is 2.07. The summed E-state index contributed by atoms with van der Waals surface area (Å²) in [4.78, 5) is 12.0. The number of aryl methyl sites for hydroxylation is 1. The molecule has 0 saturated carbocycles. The lowest BCUT2D eigenvalue weighted by atomic mass is 10.1. The van der Waals surface area contributed by atoms with Crippen molar-refractivity contribution in [1.82, 2.24) is 0 Å². The fourth-order valence-electron chi connectivity index (χ4n) is 1.95. The third-order valence-corrected chi connectivity index (χ3v) is 3.34. The molecule has 1 aromatic carbocycles. The van der Waals surface area contributed by atoms with Crippen molar-refractivity contribution < 1.29 is 10.1 Å². The van der Waals surface area contributed by atoms with Crippen LogP contribution in [-0.2, 0) is 4.79 Å². The lowest BCUT2D eigenvalue weighted by molar-refractivity contribution is -0.706. The molecule has 0 saturated heterocycles. The summed E-state index contributed by atoms with van der Waals surface area (Å²) in [6, 6.07) is 8.38. The van der Waals surface area contributed by atoms with Crippen LogP contribution in [0.25, 0.3) is 0 Å². The smallest absolute Gasteiger partial charge is 0.282 e. The molecule has 1 amide bonds. The zero-order valence-corrected chi connectivity index (χ0v) is 11.9. The van der Waals surface area contributed by atoms with Gasteiger partial charge in [0.25, 0.3) is 5.91 Å². The standard InChI is InChI=1S/C15H24N2O/c1-5-13(6-2)16-12(4)15(18)17-14-9-7-11(3)8-10-14/h7-10,12-13,16H,5-6H2,1-4H3,(H,17,18)/p+1/t12-/m1/s1. The predicted molar refractivity (Wildman–Crippen MR) is 75.6 cm³/mol. The fraction of sp³-hybridized carbons (Fsp3) is 0.533. The van der Waals surface area contributed by atoms with E-state index in [1.165, 1.54) is 5.56 Å². The molecule has 0 unspecified atom stereocenters. The molecule has 0 heterocycles. The van der Waals surface area contributed by atoms with Crippen molar-refractivity contribution in [3.05, 3.63) is 29.8 Å². The Morgan fingerprint density at radius 1 is 1.22 bits per heavy atom. The predicted octanol–water partition coefficient (Wildman–Crippen LogP) is 2.07. The lowest BCUT2D eigenvalue weighted by Crippen LogP contribution is -2.96. The highest BCUT2D eigenvalue weighted by molar-refractivity contribution is 5.93. The van der Waals surface area contributed by atoms with Crippen LogP contribution >= 0.6 is 0 Å². The lowest BCUT2D eigenvalue weighted by Gasteiger charge is -2.17. The van der Waals surface area contributed by atoms with Gasteiger partial charge in [-0.05, 0) is 38.8 Å². The van der Waals surface area contributed by atoms with Gasteiger partial charge in [-0.3, -0.25) is 4.79 Å². The average molecular weight is 249 g/mol. The topological polar surface area (TPSA) is 45.7 Å². The highest BCUT2D eigenvalue weighted by atomic mass is 16.2. The van der Waals surface area contributed by atoms with Gasteiger partial charge in [-0.2, -0.15) is 0 Å². The maximum Gasteiger partial charge on any atom is 0.282 e. The Morgan fingerprint density at radius 2 is 1.78 bits per heavy atom. The summed E-state index contributed by atoms with van der Waals surface area (Å²) in [6.07, 6.45) is 2.19. The number of rotatable bonds is 6. The minimum absolute atomic E-state index is 0.0452. The number of anilines is 1. The van der Waals surface area contributed by atoms with Gasteiger partial charge in [0.2, 0.25) is 0 Å². The molecule has 0 bridgehead atoms. The van der Waals surface area contributed by atoms with Crippen LogP contribution in [0, 0.1) is 6.92 Å². The maximum atomic E-state index is 12.0. The van der Waals surface area contributed by atoms with Crippen LogP contribution in [0.1, 0.15) is 39.2 Å². The van der Waals surface area contributed by atoms with Gasteiger partial charge in [0.05, 0.1) is 6.04 Å².